The van der Waals surface area contributed by atoms with Gasteiger partial charge in [-0.15, -0.1) is 0 Å². The van der Waals surface area contributed by atoms with Gasteiger partial charge in [0.05, 0.1) is 29.7 Å². The largest absolute Gasteiger partial charge is 0.354 e. The van der Waals surface area contributed by atoms with Gasteiger partial charge in [0.25, 0.3) is 5.91 Å². The van der Waals surface area contributed by atoms with Crippen LogP contribution in [-0.4, -0.2) is 15.9 Å². The molecule has 0 atom stereocenters. The zero-order chi connectivity index (χ0) is 17.6. The van der Waals surface area contributed by atoms with Crippen LogP contribution in [0.3, 0.4) is 0 Å². The van der Waals surface area contributed by atoms with E-state index in [1.165, 1.54) is 6.20 Å². The van der Waals surface area contributed by atoms with Gasteiger partial charge in [0.2, 0.25) is 0 Å². The summed E-state index contributed by atoms with van der Waals surface area (Å²) in [5.41, 5.74) is 3.80. The molecular formula is C19H17ClN4O. The number of amides is 1. The number of carbonyl (C=O) groups is 1. The van der Waals surface area contributed by atoms with E-state index in [9.17, 15) is 4.79 Å². The molecule has 5 nitrogen and oxygen atoms in total. The van der Waals surface area contributed by atoms with Crippen LogP contribution in [-0.2, 0) is 6.54 Å². The third kappa shape index (κ3) is 4.33. The van der Waals surface area contributed by atoms with Crippen molar-refractivity contribution in [3.05, 3.63) is 82.9 Å². The van der Waals surface area contributed by atoms with Crippen LogP contribution in [0.25, 0.3) is 0 Å². The Morgan fingerprint density at radius 1 is 1.16 bits per heavy atom. The van der Waals surface area contributed by atoms with E-state index in [4.69, 9.17) is 11.6 Å². The van der Waals surface area contributed by atoms with Crippen molar-refractivity contribution in [2.75, 3.05) is 5.32 Å². The highest BCUT2D eigenvalue weighted by Gasteiger charge is 2.08. The molecule has 1 amide bonds. The third-order valence-electron chi connectivity index (χ3n) is 3.70. The predicted molar refractivity (Wildman–Crippen MR) is 99.1 cm³/mol. The van der Waals surface area contributed by atoms with E-state index in [1.807, 2.05) is 43.3 Å². The Bertz CT molecular complexity index is 884. The number of anilines is 2. The molecule has 0 unspecified atom stereocenters. The molecule has 0 saturated heterocycles. The molecule has 0 spiro atoms. The average Bonchev–Trinajstić information content (AvgIpc) is 2.64. The van der Waals surface area contributed by atoms with Gasteiger partial charge in [0, 0.05) is 23.1 Å². The number of hydrogen-bond donors (Lipinski definition) is 2. The zero-order valence-corrected chi connectivity index (χ0v) is 14.4. The third-order valence-corrected chi connectivity index (χ3v) is 4.11. The monoisotopic (exact) mass is 352 g/mol. The number of aromatic nitrogens is 2. The number of nitrogens with one attached hydrogen (secondary N) is 2. The van der Waals surface area contributed by atoms with Crippen molar-refractivity contribution in [1.82, 2.24) is 15.3 Å². The van der Waals surface area contributed by atoms with Crippen molar-refractivity contribution in [2.24, 2.45) is 0 Å². The number of pyridine rings is 2. The summed E-state index contributed by atoms with van der Waals surface area (Å²) >= 11 is 6.14. The standard InChI is InChI=1S/C19H17ClN4O/c1-13-17(20)6-4-7-18(13)24-16-9-14(10-21-11-16)19(25)23-12-15-5-2-3-8-22-15/h2-11,24H,12H2,1H3,(H,23,25). The number of benzene rings is 1. The number of nitrogens with zero attached hydrogens (tertiary/aromatic N) is 2. The first-order valence-electron chi connectivity index (χ1n) is 7.79. The van der Waals surface area contributed by atoms with Gasteiger partial charge in [0.15, 0.2) is 0 Å². The van der Waals surface area contributed by atoms with Gasteiger partial charge >= 0.3 is 0 Å². The van der Waals surface area contributed by atoms with Gasteiger partial charge in [-0.05, 0) is 42.8 Å². The van der Waals surface area contributed by atoms with Crippen molar-refractivity contribution in [3.63, 3.8) is 0 Å². The van der Waals surface area contributed by atoms with Gasteiger partial charge < -0.3 is 10.6 Å². The van der Waals surface area contributed by atoms with Gasteiger partial charge in [-0.1, -0.05) is 23.7 Å². The minimum absolute atomic E-state index is 0.204. The van der Waals surface area contributed by atoms with Gasteiger partial charge in [0.1, 0.15) is 0 Å². The zero-order valence-electron chi connectivity index (χ0n) is 13.7. The Balaban J connectivity index is 1.70. The number of rotatable bonds is 5. The Hall–Kier alpha value is -2.92. The van der Waals surface area contributed by atoms with Gasteiger partial charge in [-0.3, -0.25) is 14.8 Å². The molecule has 0 aliphatic rings. The number of carbonyl (C=O) groups excluding carboxylic acids is 1. The van der Waals surface area contributed by atoms with Crippen LogP contribution in [0, 0.1) is 6.92 Å². The predicted octanol–water partition coefficient (Wildman–Crippen LogP) is 4.11. The summed E-state index contributed by atoms with van der Waals surface area (Å²) < 4.78 is 0. The van der Waals surface area contributed by atoms with Crippen LogP contribution in [0.2, 0.25) is 5.02 Å². The van der Waals surface area contributed by atoms with Gasteiger partial charge in [-0.25, -0.2) is 0 Å². The summed E-state index contributed by atoms with van der Waals surface area (Å²) in [5.74, 6) is -0.204. The lowest BCUT2D eigenvalue weighted by Gasteiger charge is -2.11. The van der Waals surface area contributed by atoms with Crippen LogP contribution in [0.4, 0.5) is 11.4 Å². The van der Waals surface area contributed by atoms with E-state index >= 15 is 0 Å². The molecule has 2 heterocycles. The molecule has 126 valence electrons. The van der Waals surface area contributed by atoms with Crippen molar-refractivity contribution < 1.29 is 4.79 Å². The van der Waals surface area contributed by atoms with Gasteiger partial charge in [-0.2, -0.15) is 0 Å². The van der Waals surface area contributed by atoms with E-state index in [2.05, 4.69) is 20.6 Å². The lowest BCUT2D eigenvalue weighted by Crippen LogP contribution is -2.23. The Kier molecular flexibility index (Phi) is 5.26. The Labute approximate surface area is 151 Å². The fraction of sp³-hybridized carbons (Fsp3) is 0.105. The second-order valence-corrected chi connectivity index (χ2v) is 5.91. The first kappa shape index (κ1) is 16.9. The van der Waals surface area contributed by atoms with Crippen LogP contribution < -0.4 is 10.6 Å². The molecule has 2 N–H and O–H groups in total. The summed E-state index contributed by atoms with van der Waals surface area (Å²) in [5, 5.41) is 6.76. The Morgan fingerprint density at radius 3 is 2.84 bits per heavy atom. The highest BCUT2D eigenvalue weighted by molar-refractivity contribution is 6.31. The molecule has 3 rings (SSSR count). The summed E-state index contributed by atoms with van der Waals surface area (Å²) in [6, 6.07) is 13.0. The van der Waals surface area contributed by atoms with E-state index in [0.717, 1.165) is 22.6 Å². The van der Waals surface area contributed by atoms with Crippen molar-refractivity contribution >= 4 is 28.9 Å². The molecular weight excluding hydrogens is 336 g/mol. The normalized spacial score (nSPS) is 10.3. The molecule has 1 aromatic carbocycles. The molecule has 0 aliphatic carbocycles. The van der Waals surface area contributed by atoms with E-state index < -0.39 is 0 Å². The Morgan fingerprint density at radius 2 is 2.04 bits per heavy atom. The summed E-state index contributed by atoms with van der Waals surface area (Å²) in [4.78, 5) is 20.6. The smallest absolute Gasteiger partial charge is 0.253 e. The van der Waals surface area contributed by atoms with Crippen LogP contribution in [0.5, 0.6) is 0 Å². The van der Waals surface area contributed by atoms with Crippen molar-refractivity contribution in [3.8, 4) is 0 Å². The van der Waals surface area contributed by atoms with E-state index in [1.54, 1.807) is 18.5 Å². The summed E-state index contributed by atoms with van der Waals surface area (Å²) in [7, 11) is 0. The molecule has 0 radical (unpaired) electrons. The first-order chi connectivity index (χ1) is 12.1. The molecule has 0 bridgehead atoms. The van der Waals surface area contributed by atoms with Crippen LogP contribution in [0.1, 0.15) is 21.6 Å². The first-order valence-corrected chi connectivity index (χ1v) is 8.16. The molecule has 3 aromatic rings. The fourth-order valence-corrected chi connectivity index (χ4v) is 2.48. The molecule has 0 aliphatic heterocycles. The lowest BCUT2D eigenvalue weighted by atomic mass is 10.2. The second-order valence-electron chi connectivity index (χ2n) is 5.50. The summed E-state index contributed by atoms with van der Waals surface area (Å²) in [6.07, 6.45) is 4.89. The summed E-state index contributed by atoms with van der Waals surface area (Å²) in [6.45, 7) is 2.30. The molecule has 6 heteroatoms. The number of halogens is 1. The van der Waals surface area contributed by atoms with Crippen LogP contribution >= 0.6 is 11.6 Å². The molecule has 2 aromatic heterocycles. The number of hydrogen-bond acceptors (Lipinski definition) is 4. The molecule has 0 saturated carbocycles. The van der Waals surface area contributed by atoms with Crippen LogP contribution in [0.15, 0.2) is 61.1 Å². The van der Waals surface area contributed by atoms with E-state index in [0.29, 0.717) is 17.1 Å². The highest BCUT2D eigenvalue weighted by Crippen LogP contribution is 2.26. The van der Waals surface area contributed by atoms with Crippen molar-refractivity contribution in [2.45, 2.75) is 13.5 Å². The quantitative estimate of drug-likeness (QED) is 0.725. The second kappa shape index (κ2) is 7.77. The topological polar surface area (TPSA) is 66.9 Å². The maximum Gasteiger partial charge on any atom is 0.253 e. The molecule has 25 heavy (non-hydrogen) atoms. The minimum Gasteiger partial charge on any atom is -0.354 e. The SMILES string of the molecule is Cc1c(Cl)cccc1Nc1cncc(C(=O)NCc2ccccn2)c1. The highest BCUT2D eigenvalue weighted by atomic mass is 35.5. The minimum atomic E-state index is -0.204. The fourth-order valence-electron chi connectivity index (χ4n) is 2.31. The average molecular weight is 353 g/mol. The maximum absolute atomic E-state index is 12.3. The maximum atomic E-state index is 12.3. The van der Waals surface area contributed by atoms with E-state index in [-0.39, 0.29) is 5.91 Å². The molecule has 0 fully saturated rings. The lowest BCUT2D eigenvalue weighted by molar-refractivity contribution is 0.0950. The van der Waals surface area contributed by atoms with Crippen molar-refractivity contribution in [1.29, 1.82) is 0 Å².